The van der Waals surface area contributed by atoms with Crippen LogP contribution >= 0.6 is 0 Å². The number of H-pyrrole nitrogens is 1. The van der Waals surface area contributed by atoms with Crippen LogP contribution in [-0.4, -0.2) is 14.8 Å². The zero-order valence-corrected chi connectivity index (χ0v) is 18.3. The molecule has 0 atom stereocenters. The summed E-state index contributed by atoms with van der Waals surface area (Å²) >= 11 is 0. The summed E-state index contributed by atoms with van der Waals surface area (Å²) < 4.78 is 30.8. The maximum Gasteiger partial charge on any atom is 0.277 e. The second-order valence-corrected chi connectivity index (χ2v) is 8.98. The van der Waals surface area contributed by atoms with Crippen molar-refractivity contribution >= 4 is 10.8 Å². The monoisotopic (exact) mass is 435 g/mol. The SMILES string of the molecule is Cc1cc(Cn2ncc3cc(C(C)(C)C)cc(F)c3c2=O)c(F)cc1-c1cc[nH]c(=O)c1. The maximum absolute atomic E-state index is 14.9. The maximum atomic E-state index is 14.9. The quantitative estimate of drug-likeness (QED) is 0.508. The molecule has 164 valence electrons. The van der Waals surface area contributed by atoms with Crippen LogP contribution in [0.5, 0.6) is 0 Å². The van der Waals surface area contributed by atoms with Gasteiger partial charge >= 0.3 is 0 Å². The van der Waals surface area contributed by atoms with Crippen LogP contribution in [0.3, 0.4) is 0 Å². The summed E-state index contributed by atoms with van der Waals surface area (Å²) in [6.45, 7) is 7.54. The Kier molecular flexibility index (Phi) is 5.28. The minimum absolute atomic E-state index is 0.0646. The van der Waals surface area contributed by atoms with Gasteiger partial charge in [-0.1, -0.05) is 26.8 Å². The fourth-order valence-electron chi connectivity index (χ4n) is 3.76. The lowest BCUT2D eigenvalue weighted by Crippen LogP contribution is -2.25. The number of benzene rings is 2. The molecule has 0 fully saturated rings. The normalized spacial score (nSPS) is 11.8. The van der Waals surface area contributed by atoms with Crippen LogP contribution in [-0.2, 0) is 12.0 Å². The molecule has 0 aliphatic heterocycles. The largest absolute Gasteiger partial charge is 0.329 e. The molecule has 0 saturated heterocycles. The van der Waals surface area contributed by atoms with E-state index < -0.39 is 17.2 Å². The fraction of sp³-hybridized carbons (Fsp3) is 0.240. The number of nitrogens with one attached hydrogen (secondary N) is 1. The van der Waals surface area contributed by atoms with E-state index in [1.165, 1.54) is 30.6 Å². The van der Waals surface area contributed by atoms with Crippen molar-refractivity contribution < 1.29 is 8.78 Å². The number of aromatic nitrogens is 3. The highest BCUT2D eigenvalue weighted by Crippen LogP contribution is 2.28. The number of hydrogen-bond donors (Lipinski definition) is 1. The van der Waals surface area contributed by atoms with Crippen LogP contribution in [0.2, 0.25) is 0 Å². The van der Waals surface area contributed by atoms with Gasteiger partial charge in [-0.05, 0) is 58.9 Å². The number of hydrogen-bond acceptors (Lipinski definition) is 3. The first-order chi connectivity index (χ1) is 15.0. The third kappa shape index (κ3) is 3.98. The smallest absolute Gasteiger partial charge is 0.277 e. The first-order valence-corrected chi connectivity index (χ1v) is 10.2. The van der Waals surface area contributed by atoms with Gasteiger partial charge in [0.15, 0.2) is 0 Å². The summed E-state index contributed by atoms with van der Waals surface area (Å²) in [5, 5.41) is 4.50. The lowest BCUT2D eigenvalue weighted by atomic mass is 9.86. The molecule has 4 rings (SSSR count). The van der Waals surface area contributed by atoms with Crippen molar-refractivity contribution in [2.75, 3.05) is 0 Å². The summed E-state index contributed by atoms with van der Waals surface area (Å²) in [5.74, 6) is -1.15. The highest BCUT2D eigenvalue weighted by atomic mass is 19.1. The summed E-state index contributed by atoms with van der Waals surface area (Å²) in [7, 11) is 0. The van der Waals surface area contributed by atoms with Crippen LogP contribution < -0.4 is 11.1 Å². The number of halogens is 2. The molecule has 2 aromatic heterocycles. The van der Waals surface area contributed by atoms with E-state index >= 15 is 0 Å². The Bertz CT molecular complexity index is 1460. The molecule has 2 heterocycles. The topological polar surface area (TPSA) is 67.8 Å². The molecule has 0 aliphatic rings. The van der Waals surface area contributed by atoms with Gasteiger partial charge in [0.2, 0.25) is 5.56 Å². The van der Waals surface area contributed by atoms with E-state index in [0.29, 0.717) is 16.5 Å². The van der Waals surface area contributed by atoms with Crippen LogP contribution in [0.15, 0.2) is 58.4 Å². The molecule has 2 aromatic carbocycles. The van der Waals surface area contributed by atoms with E-state index in [2.05, 4.69) is 10.1 Å². The number of fused-ring (bicyclic) bond motifs is 1. The van der Waals surface area contributed by atoms with Crippen LogP contribution in [0.1, 0.15) is 37.5 Å². The first-order valence-electron chi connectivity index (χ1n) is 10.2. The van der Waals surface area contributed by atoms with Crippen LogP contribution in [0.25, 0.3) is 21.9 Å². The van der Waals surface area contributed by atoms with Crippen molar-refractivity contribution in [3.8, 4) is 11.1 Å². The number of nitrogens with zero attached hydrogens (tertiary/aromatic N) is 2. The highest BCUT2D eigenvalue weighted by molar-refractivity contribution is 5.82. The van der Waals surface area contributed by atoms with Crippen molar-refractivity contribution in [1.82, 2.24) is 14.8 Å². The first kappa shape index (κ1) is 21.6. The van der Waals surface area contributed by atoms with Gasteiger partial charge < -0.3 is 4.98 Å². The molecule has 0 radical (unpaired) electrons. The molecule has 7 heteroatoms. The molecule has 0 aliphatic carbocycles. The lowest BCUT2D eigenvalue weighted by Gasteiger charge is -2.20. The average Bonchev–Trinajstić information content (AvgIpc) is 2.71. The Labute approximate surface area is 183 Å². The fourth-order valence-corrected chi connectivity index (χ4v) is 3.76. The molecular formula is C25H23F2N3O2. The van der Waals surface area contributed by atoms with Crippen molar-refractivity contribution in [2.24, 2.45) is 0 Å². The second-order valence-electron chi connectivity index (χ2n) is 8.98. The molecule has 1 N–H and O–H groups in total. The summed E-state index contributed by atoms with van der Waals surface area (Å²) in [5.41, 5.74) is 1.74. The van der Waals surface area contributed by atoms with Gasteiger partial charge in [0.25, 0.3) is 5.56 Å². The van der Waals surface area contributed by atoms with Gasteiger partial charge in [0.05, 0.1) is 18.1 Å². The average molecular weight is 435 g/mol. The minimum Gasteiger partial charge on any atom is -0.329 e. The third-order valence-electron chi connectivity index (χ3n) is 5.57. The Morgan fingerprint density at radius 3 is 2.47 bits per heavy atom. The zero-order chi connectivity index (χ0) is 23.2. The number of rotatable bonds is 3. The van der Waals surface area contributed by atoms with Gasteiger partial charge in [-0.15, -0.1) is 0 Å². The van der Waals surface area contributed by atoms with Crippen molar-refractivity contribution in [3.63, 3.8) is 0 Å². The number of aryl methyl sites for hydroxylation is 1. The van der Waals surface area contributed by atoms with E-state index in [-0.39, 0.29) is 28.5 Å². The zero-order valence-electron chi connectivity index (χ0n) is 18.3. The molecule has 5 nitrogen and oxygen atoms in total. The van der Waals surface area contributed by atoms with E-state index in [9.17, 15) is 18.4 Å². The Hall–Kier alpha value is -3.61. The molecule has 4 aromatic rings. The van der Waals surface area contributed by atoms with Crippen LogP contribution in [0, 0.1) is 18.6 Å². The van der Waals surface area contributed by atoms with Gasteiger partial charge in [-0.2, -0.15) is 5.10 Å². The van der Waals surface area contributed by atoms with E-state index in [1.807, 2.05) is 20.8 Å². The molecular weight excluding hydrogens is 412 g/mol. The summed E-state index contributed by atoms with van der Waals surface area (Å²) in [6, 6.07) is 9.16. The molecule has 0 spiro atoms. The molecule has 0 unspecified atom stereocenters. The van der Waals surface area contributed by atoms with E-state index in [4.69, 9.17) is 0 Å². The molecule has 0 saturated carbocycles. The van der Waals surface area contributed by atoms with Gasteiger partial charge in [0.1, 0.15) is 11.6 Å². The van der Waals surface area contributed by atoms with Crippen molar-refractivity contribution in [3.05, 3.63) is 97.8 Å². The summed E-state index contributed by atoms with van der Waals surface area (Å²) in [4.78, 5) is 27.1. The van der Waals surface area contributed by atoms with Crippen molar-refractivity contribution in [1.29, 1.82) is 0 Å². The van der Waals surface area contributed by atoms with E-state index in [0.717, 1.165) is 15.8 Å². The predicted molar refractivity (Wildman–Crippen MR) is 121 cm³/mol. The van der Waals surface area contributed by atoms with E-state index in [1.54, 1.807) is 25.1 Å². The third-order valence-corrected chi connectivity index (χ3v) is 5.57. The predicted octanol–water partition coefficient (Wildman–Crippen LogP) is 4.68. The highest BCUT2D eigenvalue weighted by Gasteiger charge is 2.19. The Morgan fingerprint density at radius 1 is 1.03 bits per heavy atom. The van der Waals surface area contributed by atoms with Crippen molar-refractivity contribution in [2.45, 2.75) is 39.7 Å². The lowest BCUT2D eigenvalue weighted by molar-refractivity contribution is 0.566. The van der Waals surface area contributed by atoms with Gasteiger partial charge in [-0.3, -0.25) is 9.59 Å². The minimum atomic E-state index is -0.616. The molecule has 0 amide bonds. The van der Waals surface area contributed by atoms with Crippen LogP contribution in [0.4, 0.5) is 8.78 Å². The van der Waals surface area contributed by atoms with Gasteiger partial charge in [-0.25, -0.2) is 13.5 Å². The Balaban J connectivity index is 1.76. The molecule has 0 bridgehead atoms. The second kappa shape index (κ2) is 7.82. The standard InChI is InChI=1S/C25H23F2N3O2/c1-14-7-17(20(26)11-19(14)15-5-6-28-22(31)9-15)13-30-24(32)23-16(12-29-30)8-18(10-21(23)27)25(2,3)4/h5-12H,13H2,1-4H3,(H,28,31). The number of aromatic amines is 1. The molecule has 32 heavy (non-hydrogen) atoms. The number of pyridine rings is 1. The Morgan fingerprint density at radius 2 is 1.78 bits per heavy atom. The van der Waals surface area contributed by atoms with Gasteiger partial charge in [0, 0.05) is 23.2 Å². The summed E-state index contributed by atoms with van der Waals surface area (Å²) in [6.07, 6.45) is 2.94.